The zero-order chi connectivity index (χ0) is 20.2. The maximum Gasteiger partial charge on any atom is 0.253 e. The quantitative estimate of drug-likeness (QED) is 0.702. The van der Waals surface area contributed by atoms with Gasteiger partial charge in [0.2, 0.25) is 5.95 Å². The average molecular weight is 390 g/mol. The van der Waals surface area contributed by atoms with Crippen molar-refractivity contribution in [2.45, 2.75) is 25.7 Å². The third-order valence-corrected chi connectivity index (χ3v) is 5.15. The molecule has 0 aliphatic carbocycles. The van der Waals surface area contributed by atoms with Crippen LogP contribution in [0.2, 0.25) is 0 Å². The van der Waals surface area contributed by atoms with Crippen LogP contribution in [0.1, 0.15) is 40.4 Å². The second-order valence-corrected chi connectivity index (χ2v) is 7.40. The first-order valence-electron chi connectivity index (χ1n) is 9.80. The largest absolute Gasteiger partial charge is 0.338 e. The number of hydrogen-bond acceptors (Lipinski definition) is 4. The van der Waals surface area contributed by atoms with Crippen LogP contribution in [0.4, 0.5) is 16.0 Å². The highest BCUT2D eigenvalue weighted by molar-refractivity contribution is 5.94. The number of hydrogen-bond donors (Lipinski definition) is 1. The normalized spacial score (nSPS) is 16.5. The van der Waals surface area contributed by atoms with Gasteiger partial charge in [0.25, 0.3) is 5.91 Å². The van der Waals surface area contributed by atoms with Crippen LogP contribution in [0, 0.1) is 12.7 Å². The van der Waals surface area contributed by atoms with E-state index >= 15 is 0 Å². The van der Waals surface area contributed by atoms with Crippen molar-refractivity contribution in [1.29, 1.82) is 0 Å². The minimum Gasteiger partial charge on any atom is -0.338 e. The summed E-state index contributed by atoms with van der Waals surface area (Å²) in [6.45, 7) is 3.37. The maximum atomic E-state index is 13.4. The van der Waals surface area contributed by atoms with Crippen LogP contribution < -0.4 is 5.32 Å². The summed E-state index contributed by atoms with van der Waals surface area (Å²) in [6, 6.07) is 15.8. The number of benzene rings is 2. The molecule has 2 aromatic carbocycles. The van der Waals surface area contributed by atoms with Crippen LogP contribution in [0.15, 0.2) is 60.8 Å². The van der Waals surface area contributed by atoms with E-state index in [0.717, 1.165) is 36.2 Å². The molecule has 1 fully saturated rings. The number of aromatic nitrogens is 2. The van der Waals surface area contributed by atoms with Gasteiger partial charge in [-0.15, -0.1) is 0 Å². The molecule has 1 N–H and O–H groups in total. The number of piperidine rings is 1. The minimum atomic E-state index is -0.316. The van der Waals surface area contributed by atoms with E-state index in [1.54, 1.807) is 18.3 Å². The van der Waals surface area contributed by atoms with Gasteiger partial charge in [0.15, 0.2) is 0 Å². The van der Waals surface area contributed by atoms with Crippen LogP contribution in [0.3, 0.4) is 0 Å². The van der Waals surface area contributed by atoms with E-state index in [1.165, 1.54) is 12.1 Å². The Labute approximate surface area is 169 Å². The van der Waals surface area contributed by atoms with Gasteiger partial charge in [-0.2, -0.15) is 0 Å². The van der Waals surface area contributed by atoms with Gasteiger partial charge in [-0.05, 0) is 56.2 Å². The lowest BCUT2D eigenvalue weighted by Crippen LogP contribution is -2.39. The monoisotopic (exact) mass is 390 g/mol. The van der Waals surface area contributed by atoms with Crippen molar-refractivity contribution in [1.82, 2.24) is 14.9 Å². The second kappa shape index (κ2) is 8.39. The number of carbonyl (C=O) groups excluding carboxylic acids is 1. The number of carbonyl (C=O) groups is 1. The Kier molecular flexibility index (Phi) is 5.51. The predicted molar refractivity (Wildman–Crippen MR) is 111 cm³/mol. The first-order valence-corrected chi connectivity index (χ1v) is 9.80. The van der Waals surface area contributed by atoms with Crippen molar-refractivity contribution in [2.24, 2.45) is 0 Å². The van der Waals surface area contributed by atoms with E-state index in [9.17, 15) is 9.18 Å². The van der Waals surface area contributed by atoms with Crippen molar-refractivity contribution in [3.63, 3.8) is 0 Å². The van der Waals surface area contributed by atoms with Gasteiger partial charge < -0.3 is 10.2 Å². The fourth-order valence-electron chi connectivity index (χ4n) is 3.72. The molecule has 29 heavy (non-hydrogen) atoms. The zero-order valence-corrected chi connectivity index (χ0v) is 16.3. The molecule has 1 atom stereocenters. The number of aryl methyl sites for hydroxylation is 1. The van der Waals surface area contributed by atoms with Gasteiger partial charge in [-0.25, -0.2) is 14.4 Å². The van der Waals surface area contributed by atoms with Crippen molar-refractivity contribution < 1.29 is 9.18 Å². The second-order valence-electron chi connectivity index (χ2n) is 7.40. The van der Waals surface area contributed by atoms with Crippen molar-refractivity contribution >= 4 is 17.5 Å². The Morgan fingerprint density at radius 1 is 1.17 bits per heavy atom. The van der Waals surface area contributed by atoms with Gasteiger partial charge >= 0.3 is 0 Å². The Balaban J connectivity index is 1.49. The van der Waals surface area contributed by atoms with Gasteiger partial charge in [0, 0.05) is 36.5 Å². The predicted octanol–water partition coefficient (Wildman–Crippen LogP) is 4.69. The summed E-state index contributed by atoms with van der Waals surface area (Å²) in [5.74, 6) is 0.318. The molecule has 148 valence electrons. The molecule has 0 saturated carbocycles. The van der Waals surface area contributed by atoms with Gasteiger partial charge in [-0.1, -0.05) is 23.8 Å². The number of rotatable bonds is 4. The van der Waals surface area contributed by atoms with E-state index in [0.29, 0.717) is 18.2 Å². The lowest BCUT2D eigenvalue weighted by atomic mass is 9.94. The summed E-state index contributed by atoms with van der Waals surface area (Å²) in [4.78, 5) is 23.7. The van der Waals surface area contributed by atoms with Crippen molar-refractivity contribution in [3.8, 4) is 0 Å². The van der Waals surface area contributed by atoms with Crippen molar-refractivity contribution in [2.75, 3.05) is 18.4 Å². The Morgan fingerprint density at radius 2 is 2.03 bits per heavy atom. The molecule has 3 aromatic rings. The van der Waals surface area contributed by atoms with Crippen LogP contribution in [0.25, 0.3) is 0 Å². The third-order valence-electron chi connectivity index (χ3n) is 5.15. The molecule has 2 heterocycles. The highest BCUT2D eigenvalue weighted by Gasteiger charge is 2.26. The van der Waals surface area contributed by atoms with Crippen LogP contribution in [-0.2, 0) is 0 Å². The molecule has 1 aliphatic heterocycles. The molecule has 0 radical (unpaired) electrons. The fraction of sp³-hybridized carbons (Fsp3) is 0.261. The van der Waals surface area contributed by atoms with E-state index in [1.807, 2.05) is 42.2 Å². The Morgan fingerprint density at radius 3 is 2.86 bits per heavy atom. The summed E-state index contributed by atoms with van der Waals surface area (Å²) in [7, 11) is 0. The summed E-state index contributed by atoms with van der Waals surface area (Å²) in [5, 5.41) is 3.05. The molecule has 6 heteroatoms. The number of anilines is 2. The summed E-state index contributed by atoms with van der Waals surface area (Å²) < 4.78 is 13.4. The first-order chi connectivity index (χ1) is 14.1. The standard InChI is InChI=1S/C23H23FN4O/c1-16-5-2-6-17(13-16)22(29)28-12-4-7-18(15-28)21-10-11-25-23(27-21)26-20-9-3-8-19(24)14-20/h2-3,5-6,8-11,13-14,18H,4,7,12,15H2,1H3,(H,25,26,27)/t18-/m1/s1. The smallest absolute Gasteiger partial charge is 0.253 e. The van der Waals surface area contributed by atoms with E-state index in [4.69, 9.17) is 0 Å². The lowest BCUT2D eigenvalue weighted by Gasteiger charge is -2.32. The number of likely N-dealkylation sites (tertiary alicyclic amines) is 1. The molecule has 0 bridgehead atoms. The molecule has 0 spiro atoms. The number of nitrogens with zero attached hydrogens (tertiary/aromatic N) is 3. The number of amides is 1. The Bertz CT molecular complexity index is 1020. The molecular weight excluding hydrogens is 367 g/mol. The highest BCUT2D eigenvalue weighted by Crippen LogP contribution is 2.27. The third kappa shape index (κ3) is 4.59. The van der Waals surface area contributed by atoms with Gasteiger partial charge in [0.05, 0.1) is 5.69 Å². The average Bonchev–Trinajstić information content (AvgIpc) is 2.73. The molecule has 1 saturated heterocycles. The van der Waals surface area contributed by atoms with Gasteiger partial charge in [0.1, 0.15) is 5.82 Å². The van der Waals surface area contributed by atoms with Crippen LogP contribution in [-0.4, -0.2) is 33.9 Å². The summed E-state index contributed by atoms with van der Waals surface area (Å²) >= 11 is 0. The highest BCUT2D eigenvalue weighted by atomic mass is 19.1. The fourth-order valence-corrected chi connectivity index (χ4v) is 3.72. The lowest BCUT2D eigenvalue weighted by molar-refractivity contribution is 0.0706. The van der Waals surface area contributed by atoms with Crippen molar-refractivity contribution in [3.05, 3.63) is 83.4 Å². The summed E-state index contributed by atoms with van der Waals surface area (Å²) in [6.07, 6.45) is 3.60. The molecular formula is C23H23FN4O. The number of halogens is 1. The maximum absolute atomic E-state index is 13.4. The number of nitrogens with one attached hydrogen (secondary N) is 1. The van der Waals surface area contributed by atoms with Gasteiger partial charge in [-0.3, -0.25) is 4.79 Å². The molecule has 1 amide bonds. The minimum absolute atomic E-state index is 0.0607. The van der Waals surface area contributed by atoms with Crippen LogP contribution >= 0.6 is 0 Å². The zero-order valence-electron chi connectivity index (χ0n) is 16.3. The molecule has 4 rings (SSSR count). The van der Waals surface area contributed by atoms with Crippen LogP contribution in [0.5, 0.6) is 0 Å². The van der Waals surface area contributed by atoms with E-state index < -0.39 is 0 Å². The molecule has 5 nitrogen and oxygen atoms in total. The summed E-state index contributed by atoms with van der Waals surface area (Å²) in [5.41, 5.74) is 3.29. The van der Waals surface area contributed by atoms with E-state index in [-0.39, 0.29) is 17.6 Å². The first kappa shape index (κ1) is 19.1. The molecule has 0 unspecified atom stereocenters. The Hall–Kier alpha value is -3.28. The SMILES string of the molecule is Cc1cccc(C(=O)N2CCC[C@@H](c3ccnc(Nc4cccc(F)c4)n3)C2)c1. The topological polar surface area (TPSA) is 58.1 Å². The molecule has 1 aliphatic rings. The molecule has 1 aromatic heterocycles. The van der Waals surface area contributed by atoms with E-state index in [2.05, 4.69) is 15.3 Å².